The molecular formula is C23H26N6O. The second-order valence-corrected chi connectivity index (χ2v) is 8.22. The molecule has 0 N–H and O–H groups in total. The quantitative estimate of drug-likeness (QED) is 0.674. The van der Waals surface area contributed by atoms with Crippen molar-refractivity contribution in [3.05, 3.63) is 59.4 Å². The molecule has 1 aromatic carbocycles. The lowest BCUT2D eigenvalue weighted by Crippen LogP contribution is -2.42. The van der Waals surface area contributed by atoms with Crippen molar-refractivity contribution in [2.45, 2.75) is 33.1 Å². The second kappa shape index (κ2) is 7.55. The van der Waals surface area contributed by atoms with Crippen molar-refractivity contribution >= 4 is 17.4 Å². The van der Waals surface area contributed by atoms with Gasteiger partial charge in [0.1, 0.15) is 0 Å². The van der Waals surface area contributed by atoms with E-state index >= 15 is 0 Å². The predicted octanol–water partition coefficient (Wildman–Crippen LogP) is 3.08. The average Bonchev–Trinajstić information content (AvgIpc) is 3.36. The van der Waals surface area contributed by atoms with Crippen LogP contribution in [0.5, 0.6) is 0 Å². The van der Waals surface area contributed by atoms with Crippen molar-refractivity contribution in [3.8, 4) is 5.82 Å². The molecule has 1 amide bonds. The van der Waals surface area contributed by atoms with Crippen LogP contribution in [0, 0.1) is 19.8 Å². The SMILES string of the molecule is Cc1cc(C)n(-c2ccc(N3CCC(C(=O)N4CCc5ccccc54)CC3)nn2)n1. The van der Waals surface area contributed by atoms with Crippen LogP contribution in [0.2, 0.25) is 0 Å². The summed E-state index contributed by atoms with van der Waals surface area (Å²) < 4.78 is 1.81. The summed E-state index contributed by atoms with van der Waals surface area (Å²) in [5.41, 5.74) is 4.37. The fraction of sp³-hybridized carbons (Fsp3) is 0.391. The molecular weight excluding hydrogens is 376 g/mol. The molecule has 1 fully saturated rings. The molecule has 2 aliphatic rings. The highest BCUT2D eigenvalue weighted by Crippen LogP contribution is 2.31. The van der Waals surface area contributed by atoms with Crippen LogP contribution < -0.4 is 9.80 Å². The third-order valence-electron chi connectivity index (χ3n) is 6.18. The number of carbonyl (C=O) groups excluding carboxylic acids is 1. The van der Waals surface area contributed by atoms with E-state index in [-0.39, 0.29) is 11.8 Å². The molecule has 0 atom stereocenters. The molecule has 30 heavy (non-hydrogen) atoms. The summed E-state index contributed by atoms with van der Waals surface area (Å²) >= 11 is 0. The smallest absolute Gasteiger partial charge is 0.230 e. The summed E-state index contributed by atoms with van der Waals surface area (Å²) in [5.74, 6) is 1.93. The highest BCUT2D eigenvalue weighted by molar-refractivity contribution is 5.97. The molecule has 3 aromatic rings. The molecule has 2 aliphatic heterocycles. The Morgan fingerprint density at radius 3 is 2.40 bits per heavy atom. The van der Waals surface area contributed by atoms with E-state index in [0.717, 1.165) is 67.6 Å². The molecule has 0 spiro atoms. The Bertz CT molecular complexity index is 1070. The van der Waals surface area contributed by atoms with Crippen molar-refractivity contribution in [2.24, 2.45) is 5.92 Å². The lowest BCUT2D eigenvalue weighted by atomic mass is 9.95. The number of carbonyl (C=O) groups is 1. The monoisotopic (exact) mass is 402 g/mol. The third-order valence-corrected chi connectivity index (χ3v) is 6.18. The number of hydrogen-bond donors (Lipinski definition) is 0. The Morgan fingerprint density at radius 1 is 0.967 bits per heavy atom. The van der Waals surface area contributed by atoms with Gasteiger partial charge >= 0.3 is 0 Å². The standard InChI is InChI=1S/C23H26N6O/c1-16-15-17(2)29(26-16)22-8-7-21(24-25-22)27-12-9-19(10-13-27)23(30)28-14-11-18-5-3-4-6-20(18)28/h3-8,15,19H,9-14H2,1-2H3. The number of fused-ring (bicyclic) bond motifs is 1. The molecule has 0 saturated carbocycles. The number of para-hydroxylation sites is 1. The number of aromatic nitrogens is 4. The van der Waals surface area contributed by atoms with Crippen molar-refractivity contribution in [1.82, 2.24) is 20.0 Å². The topological polar surface area (TPSA) is 67.2 Å². The summed E-state index contributed by atoms with van der Waals surface area (Å²) in [4.78, 5) is 17.3. The second-order valence-electron chi connectivity index (χ2n) is 8.22. The van der Waals surface area contributed by atoms with Gasteiger partial charge in [0, 0.05) is 36.9 Å². The number of anilines is 2. The van der Waals surface area contributed by atoms with Gasteiger partial charge in [-0.1, -0.05) is 18.2 Å². The van der Waals surface area contributed by atoms with Gasteiger partial charge in [-0.25, -0.2) is 4.68 Å². The minimum absolute atomic E-state index is 0.0781. The maximum atomic E-state index is 13.1. The van der Waals surface area contributed by atoms with Gasteiger partial charge in [0.2, 0.25) is 5.91 Å². The van der Waals surface area contributed by atoms with Crippen LogP contribution >= 0.6 is 0 Å². The fourth-order valence-electron chi connectivity index (χ4n) is 4.60. The van der Waals surface area contributed by atoms with Gasteiger partial charge in [0.05, 0.1) is 5.69 Å². The molecule has 0 bridgehead atoms. The van der Waals surface area contributed by atoms with Gasteiger partial charge in [-0.3, -0.25) is 4.79 Å². The lowest BCUT2D eigenvalue weighted by molar-refractivity contribution is -0.122. The zero-order valence-electron chi connectivity index (χ0n) is 17.5. The van der Waals surface area contributed by atoms with Crippen LogP contribution in [0.1, 0.15) is 29.8 Å². The van der Waals surface area contributed by atoms with Gasteiger partial charge in [-0.2, -0.15) is 5.10 Å². The Morgan fingerprint density at radius 2 is 1.70 bits per heavy atom. The van der Waals surface area contributed by atoms with Crippen LogP contribution in [-0.4, -0.2) is 45.5 Å². The van der Waals surface area contributed by atoms with Gasteiger partial charge in [0.25, 0.3) is 0 Å². The normalized spacial score (nSPS) is 16.7. The molecule has 2 aromatic heterocycles. The van der Waals surface area contributed by atoms with Gasteiger partial charge in [-0.05, 0) is 62.9 Å². The molecule has 1 saturated heterocycles. The highest BCUT2D eigenvalue weighted by Gasteiger charge is 2.32. The van der Waals surface area contributed by atoms with E-state index in [1.165, 1.54) is 5.56 Å². The van der Waals surface area contributed by atoms with E-state index in [9.17, 15) is 4.79 Å². The summed E-state index contributed by atoms with van der Waals surface area (Å²) in [6, 6.07) is 14.2. The highest BCUT2D eigenvalue weighted by atomic mass is 16.2. The van der Waals surface area contributed by atoms with Crippen molar-refractivity contribution in [1.29, 1.82) is 0 Å². The number of piperidine rings is 1. The number of aryl methyl sites for hydroxylation is 2. The van der Waals surface area contributed by atoms with E-state index in [1.807, 2.05) is 53.8 Å². The Hall–Kier alpha value is -3.22. The van der Waals surface area contributed by atoms with Crippen molar-refractivity contribution in [2.75, 3.05) is 29.4 Å². The zero-order chi connectivity index (χ0) is 20.7. The predicted molar refractivity (Wildman–Crippen MR) is 116 cm³/mol. The fourth-order valence-corrected chi connectivity index (χ4v) is 4.60. The maximum absolute atomic E-state index is 13.1. The summed E-state index contributed by atoms with van der Waals surface area (Å²) in [5, 5.41) is 13.3. The Balaban J connectivity index is 1.23. The number of amides is 1. The van der Waals surface area contributed by atoms with Crippen LogP contribution in [0.4, 0.5) is 11.5 Å². The number of benzene rings is 1. The van der Waals surface area contributed by atoms with E-state index < -0.39 is 0 Å². The average molecular weight is 403 g/mol. The Kier molecular flexibility index (Phi) is 4.73. The maximum Gasteiger partial charge on any atom is 0.230 e. The first-order valence-corrected chi connectivity index (χ1v) is 10.6. The largest absolute Gasteiger partial charge is 0.355 e. The first-order chi connectivity index (χ1) is 14.6. The molecule has 5 rings (SSSR count). The summed E-state index contributed by atoms with van der Waals surface area (Å²) in [6.45, 7) is 6.42. The first kappa shape index (κ1) is 18.8. The van der Waals surface area contributed by atoms with Gasteiger partial charge < -0.3 is 9.80 Å². The molecule has 4 heterocycles. The molecule has 0 aliphatic carbocycles. The van der Waals surface area contributed by atoms with Gasteiger partial charge in [-0.15, -0.1) is 10.2 Å². The number of rotatable bonds is 3. The molecule has 7 nitrogen and oxygen atoms in total. The van der Waals surface area contributed by atoms with Crippen LogP contribution in [0.3, 0.4) is 0 Å². The molecule has 154 valence electrons. The number of nitrogens with zero attached hydrogens (tertiary/aromatic N) is 6. The van der Waals surface area contributed by atoms with Gasteiger partial charge in [0.15, 0.2) is 11.6 Å². The first-order valence-electron chi connectivity index (χ1n) is 10.6. The summed E-state index contributed by atoms with van der Waals surface area (Å²) in [7, 11) is 0. The zero-order valence-corrected chi connectivity index (χ0v) is 17.5. The molecule has 7 heteroatoms. The number of hydrogen-bond acceptors (Lipinski definition) is 5. The van der Waals surface area contributed by atoms with Crippen LogP contribution in [-0.2, 0) is 11.2 Å². The minimum atomic E-state index is 0.0781. The minimum Gasteiger partial charge on any atom is -0.355 e. The van der Waals surface area contributed by atoms with Crippen molar-refractivity contribution < 1.29 is 4.79 Å². The van der Waals surface area contributed by atoms with Crippen molar-refractivity contribution in [3.63, 3.8) is 0 Å². The third kappa shape index (κ3) is 3.34. The summed E-state index contributed by atoms with van der Waals surface area (Å²) in [6.07, 6.45) is 2.65. The lowest BCUT2D eigenvalue weighted by Gasteiger charge is -2.33. The Labute approximate surface area is 176 Å². The molecule has 0 radical (unpaired) electrons. The molecule has 0 unspecified atom stereocenters. The van der Waals surface area contributed by atoms with E-state index in [4.69, 9.17) is 0 Å². The van der Waals surface area contributed by atoms with E-state index in [0.29, 0.717) is 0 Å². The van der Waals surface area contributed by atoms with E-state index in [2.05, 4.69) is 32.3 Å². The van der Waals surface area contributed by atoms with Crippen LogP contribution in [0.25, 0.3) is 5.82 Å². The van der Waals surface area contributed by atoms with Crippen LogP contribution in [0.15, 0.2) is 42.5 Å². The van der Waals surface area contributed by atoms with E-state index in [1.54, 1.807) is 0 Å².